The van der Waals surface area contributed by atoms with Gasteiger partial charge in [-0.25, -0.2) is 0 Å². The average molecular weight is 174 g/mol. The van der Waals surface area contributed by atoms with Crippen molar-refractivity contribution in [1.82, 2.24) is 0 Å². The predicted octanol–water partition coefficient (Wildman–Crippen LogP) is 2.67. The van der Waals surface area contributed by atoms with Gasteiger partial charge < -0.3 is 0 Å². The van der Waals surface area contributed by atoms with Crippen molar-refractivity contribution in [3.8, 4) is 0 Å². The van der Waals surface area contributed by atoms with Gasteiger partial charge in [0.2, 0.25) is 0 Å². The fourth-order valence-electron chi connectivity index (χ4n) is 1.88. The molecule has 0 unspecified atom stereocenters. The van der Waals surface area contributed by atoms with Crippen molar-refractivity contribution in [2.24, 2.45) is 0 Å². The molecule has 0 radical (unpaired) electrons. The van der Waals surface area contributed by atoms with Gasteiger partial charge in [0.05, 0.1) is 0 Å². The van der Waals surface area contributed by atoms with Crippen LogP contribution in [0.15, 0.2) is 48.4 Å². The SMILES string of the molecule is b1bc2cc3ccccc3cc2cc1. The molecule has 0 aliphatic heterocycles. The Morgan fingerprint density at radius 2 is 1.57 bits per heavy atom. The topological polar surface area (TPSA) is 0 Å². The van der Waals surface area contributed by atoms with Crippen LogP contribution in [0.3, 0.4) is 0 Å². The molecule has 0 bridgehead atoms. The van der Waals surface area contributed by atoms with Crippen molar-refractivity contribution in [2.45, 2.75) is 0 Å². The van der Waals surface area contributed by atoms with Crippen molar-refractivity contribution < 1.29 is 0 Å². The summed E-state index contributed by atoms with van der Waals surface area (Å²) in [6.07, 6.45) is 0. The zero-order chi connectivity index (χ0) is 9.38. The summed E-state index contributed by atoms with van der Waals surface area (Å²) in [5.74, 6) is 2.08. The molecule has 62 valence electrons. The van der Waals surface area contributed by atoms with E-state index in [2.05, 4.69) is 62.0 Å². The molecule has 14 heavy (non-hydrogen) atoms. The van der Waals surface area contributed by atoms with E-state index in [1.807, 2.05) is 0 Å². The molecule has 1 aromatic heterocycles. The molecule has 3 aromatic rings. The van der Waals surface area contributed by atoms with Crippen LogP contribution in [0, 0.1) is 0 Å². The number of hydrogen-bond donors (Lipinski definition) is 0. The van der Waals surface area contributed by atoms with Gasteiger partial charge in [-0.15, -0.1) is 0 Å². The fraction of sp³-hybridized carbons (Fsp3) is 0. The zero-order valence-corrected chi connectivity index (χ0v) is 7.77. The standard InChI is InChI=1S/C12H8B2/c1-2-4-10-8-12-11(5-6-13-14-12)7-9(10)3-1/h1-8H. The second-order valence-electron chi connectivity index (χ2n) is 3.55. The van der Waals surface area contributed by atoms with Gasteiger partial charge in [-0.2, -0.15) is 0 Å². The molecule has 0 saturated carbocycles. The molecule has 2 aromatic carbocycles. The quantitative estimate of drug-likeness (QED) is 0.459. The number of fused-ring (bicyclic) bond motifs is 2. The Kier molecular flexibility index (Phi) is 1.73. The Balaban J connectivity index is 2.52. The Morgan fingerprint density at radius 3 is 2.43 bits per heavy atom. The van der Waals surface area contributed by atoms with Gasteiger partial charge in [-0.3, -0.25) is 0 Å². The molecule has 0 aliphatic carbocycles. The van der Waals surface area contributed by atoms with E-state index in [0.717, 1.165) is 0 Å². The molecule has 0 saturated heterocycles. The van der Waals surface area contributed by atoms with E-state index in [4.69, 9.17) is 0 Å². The van der Waals surface area contributed by atoms with Gasteiger partial charge in [0.1, 0.15) is 0 Å². The third kappa shape index (κ3) is 1.19. The first kappa shape index (κ1) is 7.93. The van der Waals surface area contributed by atoms with Crippen molar-refractivity contribution in [2.75, 3.05) is 0 Å². The third-order valence-corrected chi connectivity index (χ3v) is 2.61. The summed E-state index contributed by atoms with van der Waals surface area (Å²) in [6.45, 7) is 4.23. The molecular formula is C12H8B2. The maximum atomic E-state index is 2.24. The number of rotatable bonds is 0. The van der Waals surface area contributed by atoms with Crippen molar-refractivity contribution in [1.29, 1.82) is 0 Å². The van der Waals surface area contributed by atoms with Crippen LogP contribution in [0.4, 0.5) is 0 Å². The van der Waals surface area contributed by atoms with Gasteiger partial charge in [-0.05, 0) is 0 Å². The van der Waals surface area contributed by atoms with Crippen LogP contribution in [-0.2, 0) is 0 Å². The second-order valence-corrected chi connectivity index (χ2v) is 3.55. The van der Waals surface area contributed by atoms with Crippen LogP contribution in [0.1, 0.15) is 0 Å². The van der Waals surface area contributed by atoms with E-state index in [0.29, 0.717) is 0 Å². The average Bonchev–Trinajstić information content (AvgIpc) is 2.26. The monoisotopic (exact) mass is 174 g/mol. The first-order chi connectivity index (χ1) is 6.93. The van der Waals surface area contributed by atoms with E-state index in [1.165, 1.54) is 21.4 Å². The third-order valence-electron chi connectivity index (χ3n) is 2.61. The molecule has 0 amide bonds. The molecule has 0 nitrogen and oxygen atoms in total. The van der Waals surface area contributed by atoms with E-state index in [-0.39, 0.29) is 0 Å². The molecule has 2 heteroatoms. The summed E-state index contributed by atoms with van der Waals surface area (Å²) in [5, 5.41) is 5.25. The van der Waals surface area contributed by atoms with Gasteiger partial charge in [0.15, 0.2) is 0 Å². The Hall–Kier alpha value is -1.43. The zero-order valence-electron chi connectivity index (χ0n) is 7.77. The van der Waals surface area contributed by atoms with E-state index in [1.54, 1.807) is 0 Å². The summed E-state index contributed by atoms with van der Waals surface area (Å²) in [6, 6.07) is 15.1. The number of benzene rings is 2. The van der Waals surface area contributed by atoms with Crippen LogP contribution in [0.25, 0.3) is 21.4 Å². The molecule has 0 N–H and O–H groups in total. The van der Waals surface area contributed by atoms with Crippen molar-refractivity contribution in [3.05, 3.63) is 48.4 Å². The van der Waals surface area contributed by atoms with Gasteiger partial charge in [-0.1, -0.05) is 0 Å². The van der Waals surface area contributed by atoms with Crippen LogP contribution >= 0.6 is 0 Å². The molecule has 0 spiro atoms. The van der Waals surface area contributed by atoms with Crippen LogP contribution in [-0.4, -0.2) is 13.6 Å². The Bertz CT molecular complexity index is 497. The van der Waals surface area contributed by atoms with Crippen LogP contribution in [0.5, 0.6) is 0 Å². The van der Waals surface area contributed by atoms with Crippen molar-refractivity contribution >= 4 is 35.0 Å². The van der Waals surface area contributed by atoms with Crippen LogP contribution < -0.4 is 0 Å². The van der Waals surface area contributed by atoms with Gasteiger partial charge >= 0.3 is 83.5 Å². The van der Waals surface area contributed by atoms with Crippen molar-refractivity contribution in [3.63, 3.8) is 0 Å². The summed E-state index contributed by atoms with van der Waals surface area (Å²) in [4.78, 5) is 0. The molecular weight excluding hydrogens is 166 g/mol. The van der Waals surface area contributed by atoms with Crippen LogP contribution in [0.2, 0.25) is 0 Å². The molecule has 3 rings (SSSR count). The first-order valence-corrected chi connectivity index (χ1v) is 4.81. The predicted molar refractivity (Wildman–Crippen MR) is 64.1 cm³/mol. The fourth-order valence-corrected chi connectivity index (χ4v) is 1.88. The summed E-state index contributed by atoms with van der Waals surface area (Å²) in [7, 11) is 0. The summed E-state index contributed by atoms with van der Waals surface area (Å²) < 4.78 is 0. The summed E-state index contributed by atoms with van der Waals surface area (Å²) in [5.41, 5.74) is 0. The number of hydrogen-bond acceptors (Lipinski definition) is 0. The first-order valence-electron chi connectivity index (χ1n) is 4.81. The maximum absolute atomic E-state index is 2.24. The second kappa shape index (κ2) is 3.05. The Labute approximate surface area is 84.0 Å². The molecule has 0 atom stereocenters. The Morgan fingerprint density at radius 1 is 0.786 bits per heavy atom. The van der Waals surface area contributed by atoms with Gasteiger partial charge in [0.25, 0.3) is 0 Å². The minimum atomic E-state index is 1.31. The summed E-state index contributed by atoms with van der Waals surface area (Å²) >= 11 is 0. The van der Waals surface area contributed by atoms with E-state index >= 15 is 0 Å². The van der Waals surface area contributed by atoms with Gasteiger partial charge in [0, 0.05) is 0 Å². The van der Waals surface area contributed by atoms with E-state index < -0.39 is 0 Å². The normalized spacial score (nSPS) is 10.3. The molecule has 0 fully saturated rings. The molecule has 0 aliphatic rings. The van der Waals surface area contributed by atoms with E-state index in [9.17, 15) is 0 Å². The minimum absolute atomic E-state index is 1.31. The molecule has 1 heterocycles.